The fourth-order valence-electron chi connectivity index (χ4n) is 7.29. The topological polar surface area (TPSA) is 65.6 Å². The molecule has 10 rings (SSSR count). The molecule has 6 nitrogen and oxygen atoms in total. The molecule has 1 aliphatic rings. The third-order valence-electron chi connectivity index (χ3n) is 9.49. The van der Waals surface area contributed by atoms with Gasteiger partial charge in [-0.1, -0.05) is 78.9 Å². The zero-order valence-corrected chi connectivity index (χ0v) is 25.8. The Hall–Kier alpha value is -5.66. The maximum Gasteiger partial charge on any atom is 0.264 e. The minimum atomic E-state index is -0.526. The molecule has 46 heavy (non-hydrogen) atoms. The van der Waals surface area contributed by atoms with Gasteiger partial charge in [0.2, 0.25) is 5.95 Å². The van der Waals surface area contributed by atoms with E-state index in [0.29, 0.717) is 11.5 Å². The van der Waals surface area contributed by atoms with E-state index in [1.165, 1.54) is 4.70 Å². The lowest BCUT2D eigenvalue weighted by Gasteiger charge is -2.32. The highest BCUT2D eigenvalue weighted by molar-refractivity contribution is 7.26. The molecule has 0 bridgehead atoms. The normalized spacial score (nSPS) is 14.1. The van der Waals surface area contributed by atoms with Gasteiger partial charge in [0.25, 0.3) is 5.91 Å². The van der Waals surface area contributed by atoms with Gasteiger partial charge in [-0.25, -0.2) is 15.0 Å². The van der Waals surface area contributed by atoms with Crippen molar-refractivity contribution in [2.24, 2.45) is 0 Å². The monoisotopic (exact) mass is 611 g/mol. The van der Waals surface area contributed by atoms with Crippen molar-refractivity contribution in [3.05, 3.63) is 132 Å². The fraction of sp³-hybridized carbons (Fsp3) is 0.0769. The summed E-state index contributed by atoms with van der Waals surface area (Å²) in [6, 6.07) is 39.2. The van der Waals surface area contributed by atoms with Gasteiger partial charge in [-0.05, 0) is 55.8 Å². The smallest absolute Gasteiger partial charge is 0.264 e. The molecule has 0 aliphatic carbocycles. The minimum absolute atomic E-state index is 0.0504. The number of hydrogen-bond donors (Lipinski definition) is 0. The van der Waals surface area contributed by atoms with Gasteiger partial charge in [0.05, 0.1) is 38.0 Å². The van der Waals surface area contributed by atoms with E-state index in [2.05, 4.69) is 91.2 Å². The molecule has 0 N–H and O–H groups in total. The SMILES string of the molecule is CC1(C)c2cc3c(cc2C(=O)n2c1nc1ccccc12)c1ccccc1n3-c1nc(-c2ccccc2)c2sc3ccccc3c2n1. The number of carbonyl (C=O) groups excluding carboxylic acids is 1. The van der Waals surface area contributed by atoms with Crippen molar-refractivity contribution in [1.29, 1.82) is 0 Å². The van der Waals surface area contributed by atoms with Crippen molar-refractivity contribution >= 4 is 70.4 Å². The maximum absolute atomic E-state index is 14.3. The fourth-order valence-corrected chi connectivity index (χ4v) is 8.44. The number of aromatic nitrogens is 5. The first-order chi connectivity index (χ1) is 22.5. The summed E-state index contributed by atoms with van der Waals surface area (Å²) in [5, 5.41) is 3.16. The molecule has 4 aromatic heterocycles. The van der Waals surface area contributed by atoms with Crippen LogP contribution in [0.4, 0.5) is 0 Å². The Balaban J connectivity index is 1.31. The van der Waals surface area contributed by atoms with E-state index in [-0.39, 0.29) is 5.91 Å². The highest BCUT2D eigenvalue weighted by atomic mass is 32.1. The summed E-state index contributed by atoms with van der Waals surface area (Å²) in [4.78, 5) is 29.9. The Morgan fingerprint density at radius 3 is 2.22 bits per heavy atom. The molecule has 9 aromatic rings. The second-order valence-electron chi connectivity index (χ2n) is 12.5. The lowest BCUT2D eigenvalue weighted by Crippen LogP contribution is -2.35. The van der Waals surface area contributed by atoms with Crippen LogP contribution in [0.1, 0.15) is 35.6 Å². The van der Waals surface area contributed by atoms with Crippen molar-refractivity contribution in [2.75, 3.05) is 0 Å². The van der Waals surface area contributed by atoms with Crippen molar-refractivity contribution < 1.29 is 4.79 Å². The van der Waals surface area contributed by atoms with Crippen LogP contribution in [0.3, 0.4) is 0 Å². The minimum Gasteiger partial charge on any atom is -0.278 e. The highest BCUT2D eigenvalue weighted by Gasteiger charge is 2.40. The van der Waals surface area contributed by atoms with E-state index in [4.69, 9.17) is 15.0 Å². The zero-order valence-electron chi connectivity index (χ0n) is 25.0. The van der Waals surface area contributed by atoms with Crippen molar-refractivity contribution in [1.82, 2.24) is 24.1 Å². The summed E-state index contributed by atoms with van der Waals surface area (Å²) in [6.45, 7) is 4.31. The first-order valence-electron chi connectivity index (χ1n) is 15.3. The summed E-state index contributed by atoms with van der Waals surface area (Å²) < 4.78 is 6.22. The lowest BCUT2D eigenvalue weighted by atomic mass is 9.78. The molecular weight excluding hydrogens is 587 g/mol. The molecule has 0 saturated carbocycles. The quantitative estimate of drug-likeness (QED) is 0.195. The molecule has 5 aromatic carbocycles. The Morgan fingerprint density at radius 1 is 0.652 bits per heavy atom. The van der Waals surface area contributed by atoms with Gasteiger partial charge < -0.3 is 0 Å². The average Bonchev–Trinajstić information content (AvgIpc) is 3.77. The molecule has 0 fully saturated rings. The second kappa shape index (κ2) is 8.96. The summed E-state index contributed by atoms with van der Waals surface area (Å²) in [7, 11) is 0. The first-order valence-corrected chi connectivity index (χ1v) is 16.2. The van der Waals surface area contributed by atoms with Gasteiger partial charge in [-0.3, -0.25) is 13.9 Å². The number of nitrogens with zero attached hydrogens (tertiary/aromatic N) is 5. The zero-order chi connectivity index (χ0) is 30.7. The number of para-hydroxylation sites is 3. The number of fused-ring (bicyclic) bond motifs is 10. The van der Waals surface area contributed by atoms with E-state index in [1.54, 1.807) is 15.9 Å². The van der Waals surface area contributed by atoms with Crippen LogP contribution in [0, 0.1) is 0 Å². The molecule has 0 atom stereocenters. The predicted octanol–water partition coefficient (Wildman–Crippen LogP) is 9.29. The number of benzene rings is 5. The van der Waals surface area contributed by atoms with E-state index in [1.807, 2.05) is 42.5 Å². The van der Waals surface area contributed by atoms with E-state index < -0.39 is 5.41 Å². The van der Waals surface area contributed by atoms with Crippen molar-refractivity contribution in [3.63, 3.8) is 0 Å². The van der Waals surface area contributed by atoms with Gasteiger partial charge in [-0.2, -0.15) is 0 Å². The van der Waals surface area contributed by atoms with Crippen LogP contribution in [-0.4, -0.2) is 30.0 Å². The van der Waals surface area contributed by atoms with Crippen LogP contribution in [0.25, 0.3) is 70.3 Å². The number of hydrogen-bond acceptors (Lipinski definition) is 5. The number of carbonyl (C=O) groups is 1. The highest BCUT2D eigenvalue weighted by Crippen LogP contribution is 2.44. The van der Waals surface area contributed by atoms with Crippen LogP contribution in [0.5, 0.6) is 0 Å². The third-order valence-corrected chi connectivity index (χ3v) is 10.7. The van der Waals surface area contributed by atoms with Crippen molar-refractivity contribution in [3.8, 4) is 17.2 Å². The molecular formula is C39H25N5OS. The predicted molar refractivity (Wildman–Crippen MR) is 186 cm³/mol. The molecule has 7 heteroatoms. The van der Waals surface area contributed by atoms with Crippen molar-refractivity contribution in [2.45, 2.75) is 19.3 Å². The van der Waals surface area contributed by atoms with Gasteiger partial charge in [-0.15, -0.1) is 11.3 Å². The molecule has 0 radical (unpaired) electrons. The van der Waals surface area contributed by atoms with E-state index in [0.717, 1.165) is 71.1 Å². The molecule has 0 saturated heterocycles. The van der Waals surface area contributed by atoms with E-state index in [9.17, 15) is 4.79 Å². The van der Waals surface area contributed by atoms with Crippen LogP contribution in [0.15, 0.2) is 115 Å². The molecule has 5 heterocycles. The van der Waals surface area contributed by atoms with Crippen LogP contribution in [0.2, 0.25) is 0 Å². The Morgan fingerprint density at radius 2 is 1.37 bits per heavy atom. The third kappa shape index (κ3) is 3.30. The summed E-state index contributed by atoms with van der Waals surface area (Å²) in [6.07, 6.45) is 0. The maximum atomic E-state index is 14.3. The summed E-state index contributed by atoms with van der Waals surface area (Å²) in [5.41, 5.74) is 7.63. The van der Waals surface area contributed by atoms with E-state index >= 15 is 0 Å². The Bertz CT molecular complexity index is 2750. The first kappa shape index (κ1) is 25.6. The summed E-state index contributed by atoms with van der Waals surface area (Å²) >= 11 is 1.73. The average molecular weight is 612 g/mol. The molecule has 1 aliphatic heterocycles. The molecule has 218 valence electrons. The molecule has 0 unspecified atom stereocenters. The van der Waals surface area contributed by atoms with Crippen LogP contribution >= 0.6 is 11.3 Å². The van der Waals surface area contributed by atoms with Gasteiger partial charge in [0, 0.05) is 37.4 Å². The standard InChI is InChI=1S/C39H25N5OS/c1-39(2)27-21-31-25(20-26(27)36(45)44-30-18-10-8-16-28(30)40-37(39)44)23-14-6-9-17-29(23)43(31)38-41-33(22-12-4-3-5-13-22)35-34(42-38)24-15-7-11-19-32(24)46-35/h3-21H,1-2H3. The van der Waals surface area contributed by atoms with Gasteiger partial charge in [0.1, 0.15) is 5.82 Å². The Labute approximate surface area is 267 Å². The number of imidazole rings is 1. The Kier molecular flexibility index (Phi) is 4.99. The lowest BCUT2D eigenvalue weighted by molar-refractivity contribution is 0.0948. The molecule has 0 spiro atoms. The second-order valence-corrected chi connectivity index (χ2v) is 13.5. The van der Waals surface area contributed by atoms with Gasteiger partial charge in [0.15, 0.2) is 0 Å². The van der Waals surface area contributed by atoms with Crippen LogP contribution in [-0.2, 0) is 5.41 Å². The molecule has 0 amide bonds. The number of rotatable bonds is 2. The van der Waals surface area contributed by atoms with Gasteiger partial charge >= 0.3 is 0 Å². The summed E-state index contributed by atoms with van der Waals surface area (Å²) in [5.74, 6) is 1.31. The van der Waals surface area contributed by atoms with Crippen LogP contribution < -0.4 is 0 Å². The largest absolute Gasteiger partial charge is 0.278 e. The number of thiophene rings is 1.